The van der Waals surface area contributed by atoms with Gasteiger partial charge in [0.05, 0.1) is 23.2 Å². The monoisotopic (exact) mass is 517 g/mol. The maximum absolute atomic E-state index is 12.9. The van der Waals surface area contributed by atoms with Gasteiger partial charge in [-0.15, -0.1) is 0 Å². The van der Waals surface area contributed by atoms with E-state index in [1.165, 1.54) is 17.3 Å². The fourth-order valence-corrected chi connectivity index (χ4v) is 3.45. The molecule has 1 aromatic heterocycles. The zero-order chi connectivity index (χ0) is 24.3. The second kappa shape index (κ2) is 9.93. The predicted molar refractivity (Wildman–Crippen MR) is 132 cm³/mol. The number of para-hydroxylation sites is 1. The van der Waals surface area contributed by atoms with E-state index in [1.54, 1.807) is 43.3 Å². The summed E-state index contributed by atoms with van der Waals surface area (Å²) in [6.45, 7) is 1.78. The Morgan fingerprint density at radius 2 is 1.79 bits per heavy atom. The molecule has 0 saturated carbocycles. The highest BCUT2D eigenvalue weighted by Gasteiger charge is 2.37. The molecule has 0 bridgehead atoms. The third kappa shape index (κ3) is 5.44. The SMILES string of the molecule is CC1=NN(c2ccccc2)C(=O)/C1=C/c1ccc(OC(NC(=O)c2ccco2)C(Cl)(Cl)Cl)cc1. The number of furan rings is 1. The van der Waals surface area contributed by atoms with Gasteiger partial charge in [-0.05, 0) is 55.0 Å². The molecule has 10 heteroatoms. The van der Waals surface area contributed by atoms with Crippen LogP contribution < -0.4 is 15.1 Å². The Labute approximate surface area is 210 Å². The van der Waals surface area contributed by atoms with Crippen molar-refractivity contribution in [3.63, 3.8) is 0 Å². The zero-order valence-electron chi connectivity index (χ0n) is 17.7. The number of hydrazone groups is 1. The van der Waals surface area contributed by atoms with E-state index < -0.39 is 15.9 Å². The van der Waals surface area contributed by atoms with Crippen LogP contribution >= 0.6 is 34.8 Å². The van der Waals surface area contributed by atoms with E-state index in [9.17, 15) is 9.59 Å². The van der Waals surface area contributed by atoms with Crippen LogP contribution in [0.2, 0.25) is 0 Å². The van der Waals surface area contributed by atoms with Gasteiger partial charge in [-0.2, -0.15) is 10.1 Å². The minimum absolute atomic E-state index is 0.0487. The van der Waals surface area contributed by atoms with Crippen LogP contribution in [0.5, 0.6) is 5.75 Å². The predicted octanol–water partition coefficient (Wildman–Crippen LogP) is 5.59. The first-order valence-corrected chi connectivity index (χ1v) is 11.2. The molecule has 3 aromatic rings. The number of rotatable bonds is 6. The van der Waals surface area contributed by atoms with Crippen LogP contribution in [0.25, 0.3) is 6.08 Å². The summed E-state index contributed by atoms with van der Waals surface area (Å²) in [6, 6.07) is 19.0. The third-order valence-electron chi connectivity index (χ3n) is 4.81. The fourth-order valence-electron chi connectivity index (χ4n) is 3.15. The maximum atomic E-state index is 12.9. The van der Waals surface area contributed by atoms with E-state index >= 15 is 0 Å². The van der Waals surface area contributed by atoms with Crippen molar-refractivity contribution in [2.75, 3.05) is 5.01 Å². The lowest BCUT2D eigenvalue weighted by Gasteiger charge is -2.26. The van der Waals surface area contributed by atoms with Gasteiger partial charge in [0.15, 0.2) is 5.76 Å². The van der Waals surface area contributed by atoms with Gasteiger partial charge in [-0.3, -0.25) is 9.59 Å². The average molecular weight is 519 g/mol. The van der Waals surface area contributed by atoms with E-state index in [2.05, 4.69) is 10.4 Å². The summed E-state index contributed by atoms with van der Waals surface area (Å²) in [5, 5.41) is 8.22. The van der Waals surface area contributed by atoms with Crippen molar-refractivity contribution in [1.29, 1.82) is 0 Å². The van der Waals surface area contributed by atoms with Crippen LogP contribution in [0.15, 0.2) is 88.1 Å². The number of hydrogen-bond donors (Lipinski definition) is 1. The summed E-state index contributed by atoms with van der Waals surface area (Å²) >= 11 is 18.0. The summed E-state index contributed by atoms with van der Waals surface area (Å²) in [5.74, 6) is -0.430. The number of halogens is 3. The van der Waals surface area contributed by atoms with Crippen molar-refractivity contribution in [1.82, 2.24) is 5.32 Å². The molecule has 1 unspecified atom stereocenters. The van der Waals surface area contributed by atoms with Crippen LogP contribution in [0, 0.1) is 0 Å². The van der Waals surface area contributed by atoms with Crippen LogP contribution in [-0.4, -0.2) is 27.5 Å². The Morgan fingerprint density at radius 1 is 1.09 bits per heavy atom. The third-order valence-corrected chi connectivity index (χ3v) is 5.41. The Bertz CT molecular complexity index is 1230. The lowest BCUT2D eigenvalue weighted by Crippen LogP contribution is -2.47. The van der Waals surface area contributed by atoms with E-state index in [1.807, 2.05) is 30.3 Å². The Hall–Kier alpha value is -3.26. The highest BCUT2D eigenvalue weighted by molar-refractivity contribution is 6.68. The van der Waals surface area contributed by atoms with Gasteiger partial charge < -0.3 is 14.5 Å². The topological polar surface area (TPSA) is 84.1 Å². The number of nitrogens with one attached hydrogen (secondary N) is 1. The van der Waals surface area contributed by atoms with Gasteiger partial charge in [-0.1, -0.05) is 65.1 Å². The molecule has 2 aromatic carbocycles. The largest absolute Gasteiger partial charge is 0.466 e. The van der Waals surface area contributed by atoms with Gasteiger partial charge in [0, 0.05) is 0 Å². The van der Waals surface area contributed by atoms with Crippen LogP contribution in [0.3, 0.4) is 0 Å². The Kier molecular flexibility index (Phi) is 6.97. The quantitative estimate of drug-likeness (QED) is 0.262. The summed E-state index contributed by atoms with van der Waals surface area (Å²) in [7, 11) is 0. The van der Waals surface area contributed by atoms with E-state index in [-0.39, 0.29) is 11.7 Å². The van der Waals surface area contributed by atoms with E-state index in [4.69, 9.17) is 44.0 Å². The summed E-state index contributed by atoms with van der Waals surface area (Å²) in [4.78, 5) is 25.1. The molecule has 34 heavy (non-hydrogen) atoms. The summed E-state index contributed by atoms with van der Waals surface area (Å²) in [5.41, 5.74) is 2.51. The van der Waals surface area contributed by atoms with Gasteiger partial charge in [0.1, 0.15) is 5.75 Å². The highest BCUT2D eigenvalue weighted by Crippen LogP contribution is 2.32. The molecule has 174 valence electrons. The number of ether oxygens (including phenoxy) is 1. The van der Waals surface area contributed by atoms with Crippen LogP contribution in [0.4, 0.5) is 5.69 Å². The molecule has 0 radical (unpaired) electrons. The first kappa shape index (κ1) is 23.9. The van der Waals surface area contributed by atoms with Crippen LogP contribution in [-0.2, 0) is 4.79 Å². The molecule has 0 saturated heterocycles. The zero-order valence-corrected chi connectivity index (χ0v) is 20.0. The molecule has 1 aliphatic rings. The molecule has 1 N–H and O–H groups in total. The van der Waals surface area contributed by atoms with E-state index in [0.717, 1.165) is 5.56 Å². The molecular weight excluding hydrogens is 501 g/mol. The molecule has 7 nitrogen and oxygen atoms in total. The van der Waals surface area contributed by atoms with Gasteiger partial charge in [-0.25, -0.2) is 0 Å². The average Bonchev–Trinajstić information content (AvgIpc) is 3.44. The Morgan fingerprint density at radius 3 is 2.41 bits per heavy atom. The lowest BCUT2D eigenvalue weighted by molar-refractivity contribution is -0.114. The standard InChI is InChI=1S/C24H18Cl3N3O4/c1-15-19(22(32)30(29-15)17-6-3-2-4-7-17)14-16-9-11-18(12-10-16)34-23(24(25,26)27)28-21(31)20-8-5-13-33-20/h2-14,23H,1H3,(H,28,31)/b19-14+. The molecular formula is C24H18Cl3N3O4. The van der Waals surface area contributed by atoms with Crippen molar-refractivity contribution >= 4 is 64.1 Å². The molecule has 1 aliphatic heterocycles. The first-order chi connectivity index (χ1) is 16.2. The fraction of sp³-hybridized carbons (Fsp3) is 0.125. The number of carbonyl (C=O) groups is 2. The number of anilines is 1. The summed E-state index contributed by atoms with van der Waals surface area (Å²) < 4.78 is 8.80. The van der Waals surface area contributed by atoms with Gasteiger partial charge in [0.2, 0.25) is 10.0 Å². The minimum Gasteiger partial charge on any atom is -0.466 e. The molecule has 1 atom stereocenters. The molecule has 4 rings (SSSR count). The Balaban J connectivity index is 1.48. The second-order valence-electron chi connectivity index (χ2n) is 7.26. The highest BCUT2D eigenvalue weighted by atomic mass is 35.6. The van der Waals surface area contributed by atoms with Crippen molar-refractivity contribution < 1.29 is 18.7 Å². The molecule has 0 aliphatic carbocycles. The number of hydrogen-bond acceptors (Lipinski definition) is 5. The first-order valence-electron chi connectivity index (χ1n) is 10.1. The second-order valence-corrected chi connectivity index (χ2v) is 9.62. The number of alkyl halides is 3. The number of amides is 2. The number of nitrogens with zero attached hydrogens (tertiary/aromatic N) is 2. The number of benzene rings is 2. The normalized spacial score (nSPS) is 15.9. The van der Waals surface area contributed by atoms with Crippen LogP contribution in [0.1, 0.15) is 23.0 Å². The molecule has 2 heterocycles. The molecule has 0 fully saturated rings. The van der Waals surface area contributed by atoms with Crippen molar-refractivity contribution in [2.45, 2.75) is 16.9 Å². The van der Waals surface area contributed by atoms with E-state index in [0.29, 0.717) is 22.7 Å². The van der Waals surface area contributed by atoms with Crippen molar-refractivity contribution in [3.05, 3.63) is 89.9 Å². The van der Waals surface area contributed by atoms with Crippen molar-refractivity contribution in [3.8, 4) is 5.75 Å². The van der Waals surface area contributed by atoms with Crippen molar-refractivity contribution in [2.24, 2.45) is 5.10 Å². The summed E-state index contributed by atoms with van der Waals surface area (Å²) in [6.07, 6.45) is 1.80. The minimum atomic E-state index is -1.95. The maximum Gasteiger partial charge on any atom is 0.289 e. The lowest BCUT2D eigenvalue weighted by atomic mass is 10.1. The smallest absolute Gasteiger partial charge is 0.289 e. The molecule has 0 spiro atoms. The van der Waals surface area contributed by atoms with Gasteiger partial charge >= 0.3 is 0 Å². The molecule has 2 amide bonds. The van der Waals surface area contributed by atoms with Gasteiger partial charge in [0.25, 0.3) is 11.8 Å². The number of carbonyl (C=O) groups excluding carboxylic acids is 2.